The van der Waals surface area contributed by atoms with Crippen LogP contribution in [0, 0.1) is 18.3 Å². The van der Waals surface area contributed by atoms with E-state index in [1.807, 2.05) is 36.7 Å². The van der Waals surface area contributed by atoms with E-state index in [1.165, 1.54) is 13.8 Å². The average molecular weight is 403 g/mol. The molecule has 0 aliphatic heterocycles. The summed E-state index contributed by atoms with van der Waals surface area (Å²) in [5.74, 6) is 1.92. The maximum atomic E-state index is 13.8. The number of aromatic nitrogens is 4. The van der Waals surface area contributed by atoms with E-state index < -0.39 is 5.67 Å². The van der Waals surface area contributed by atoms with Gasteiger partial charge >= 0.3 is 0 Å². The molecule has 1 aromatic carbocycles. The van der Waals surface area contributed by atoms with E-state index in [-0.39, 0.29) is 0 Å². The van der Waals surface area contributed by atoms with Crippen molar-refractivity contribution in [1.82, 2.24) is 19.5 Å². The number of hydrogen-bond acceptors (Lipinski definition) is 5. The molecule has 0 radical (unpaired) electrons. The molecule has 30 heavy (non-hydrogen) atoms. The van der Waals surface area contributed by atoms with Gasteiger partial charge in [-0.25, -0.2) is 19.3 Å². The number of halogens is 1. The maximum Gasteiger partial charge on any atom is 0.195 e. The molecule has 0 spiro atoms. The third-order valence-corrected chi connectivity index (χ3v) is 5.14. The molecule has 0 unspecified atom stereocenters. The lowest BCUT2D eigenvalue weighted by Crippen LogP contribution is -2.12. The standard InChI is InChI=1S/C23H22FN5O/c1-14-27-18-11-15(5-8-19(18)29(14)4)22-17(7-6-16(12-25)28-22)20-13-26-21(30-20)9-10-23(2,3)24/h5-8,11,13H,9-10H2,1-4H3. The minimum Gasteiger partial charge on any atom is -0.441 e. The fourth-order valence-corrected chi connectivity index (χ4v) is 3.36. The maximum absolute atomic E-state index is 13.8. The first-order chi connectivity index (χ1) is 14.2. The minimum atomic E-state index is -1.29. The fraction of sp³-hybridized carbons (Fsp3) is 0.304. The predicted molar refractivity (Wildman–Crippen MR) is 112 cm³/mol. The van der Waals surface area contributed by atoms with Crippen molar-refractivity contribution in [3.63, 3.8) is 0 Å². The SMILES string of the molecule is Cc1nc2cc(-c3nc(C#N)ccc3-c3cnc(CCC(C)(C)F)o3)ccc2n1C. The van der Waals surface area contributed by atoms with Crippen molar-refractivity contribution in [2.24, 2.45) is 7.05 Å². The van der Waals surface area contributed by atoms with Gasteiger partial charge in [0.25, 0.3) is 0 Å². The van der Waals surface area contributed by atoms with E-state index >= 15 is 0 Å². The molecule has 0 atom stereocenters. The Kier molecular flexibility index (Phi) is 4.86. The Morgan fingerprint density at radius 1 is 1.20 bits per heavy atom. The predicted octanol–water partition coefficient (Wildman–Crippen LogP) is 5.15. The van der Waals surface area contributed by atoms with Gasteiger partial charge in [0.05, 0.1) is 22.9 Å². The van der Waals surface area contributed by atoms with Gasteiger partial charge in [-0.15, -0.1) is 0 Å². The number of nitrogens with zero attached hydrogens (tertiary/aromatic N) is 5. The van der Waals surface area contributed by atoms with Crippen LogP contribution in [-0.2, 0) is 13.5 Å². The van der Waals surface area contributed by atoms with Gasteiger partial charge < -0.3 is 8.98 Å². The molecule has 7 heteroatoms. The number of rotatable bonds is 5. The lowest BCUT2D eigenvalue weighted by atomic mass is 10.0. The first-order valence-electron chi connectivity index (χ1n) is 9.74. The Balaban J connectivity index is 1.78. The first kappa shape index (κ1) is 19.8. The normalized spacial score (nSPS) is 11.7. The second-order valence-electron chi connectivity index (χ2n) is 7.96. The molecule has 4 aromatic rings. The highest BCUT2D eigenvalue weighted by atomic mass is 19.1. The number of imidazole rings is 1. The number of fused-ring (bicyclic) bond motifs is 1. The van der Waals surface area contributed by atoms with Gasteiger partial charge in [0.15, 0.2) is 11.7 Å². The highest BCUT2D eigenvalue weighted by molar-refractivity contribution is 5.86. The summed E-state index contributed by atoms with van der Waals surface area (Å²) in [6, 6.07) is 11.4. The molecule has 3 heterocycles. The van der Waals surface area contributed by atoms with Gasteiger partial charge in [-0.3, -0.25) is 0 Å². The number of nitriles is 1. The van der Waals surface area contributed by atoms with Gasteiger partial charge in [0, 0.05) is 24.6 Å². The Morgan fingerprint density at radius 3 is 2.73 bits per heavy atom. The van der Waals surface area contributed by atoms with Crippen LogP contribution in [0.2, 0.25) is 0 Å². The van der Waals surface area contributed by atoms with Crippen molar-refractivity contribution in [1.29, 1.82) is 5.26 Å². The summed E-state index contributed by atoms with van der Waals surface area (Å²) < 4.78 is 21.7. The van der Waals surface area contributed by atoms with Crippen molar-refractivity contribution in [3.05, 3.63) is 53.9 Å². The van der Waals surface area contributed by atoms with Gasteiger partial charge in [0.2, 0.25) is 0 Å². The van der Waals surface area contributed by atoms with Crippen molar-refractivity contribution >= 4 is 11.0 Å². The summed E-state index contributed by atoms with van der Waals surface area (Å²) in [6.07, 6.45) is 2.35. The van der Waals surface area contributed by atoms with Gasteiger partial charge in [-0.2, -0.15) is 5.26 Å². The highest BCUT2D eigenvalue weighted by Crippen LogP contribution is 2.33. The quantitative estimate of drug-likeness (QED) is 0.460. The Labute approximate surface area is 174 Å². The largest absolute Gasteiger partial charge is 0.441 e. The molecule has 4 rings (SSSR count). The second-order valence-corrected chi connectivity index (χ2v) is 7.96. The summed E-state index contributed by atoms with van der Waals surface area (Å²) >= 11 is 0. The summed E-state index contributed by atoms with van der Waals surface area (Å²) in [6.45, 7) is 5.03. The Bertz CT molecular complexity index is 1270. The first-order valence-corrected chi connectivity index (χ1v) is 9.74. The van der Waals surface area contributed by atoms with Gasteiger partial charge in [-0.05, 0) is 51.5 Å². The molecule has 0 saturated carbocycles. The third-order valence-electron chi connectivity index (χ3n) is 5.14. The Hall–Kier alpha value is -3.53. The third kappa shape index (κ3) is 3.81. The van der Waals surface area contributed by atoms with Gasteiger partial charge in [0.1, 0.15) is 23.3 Å². The summed E-state index contributed by atoms with van der Waals surface area (Å²) in [7, 11) is 1.97. The summed E-state index contributed by atoms with van der Waals surface area (Å²) in [4.78, 5) is 13.4. The highest BCUT2D eigenvalue weighted by Gasteiger charge is 2.19. The van der Waals surface area contributed by atoms with E-state index in [1.54, 1.807) is 18.3 Å². The van der Waals surface area contributed by atoms with E-state index in [0.717, 1.165) is 28.0 Å². The molecule has 0 aliphatic carbocycles. The molecule has 0 N–H and O–H groups in total. The monoisotopic (exact) mass is 403 g/mol. The number of alkyl halides is 1. The van der Waals surface area contributed by atoms with Crippen LogP contribution in [0.1, 0.15) is 37.7 Å². The van der Waals surface area contributed by atoms with Crippen LogP contribution in [0.25, 0.3) is 33.6 Å². The van der Waals surface area contributed by atoms with E-state index in [0.29, 0.717) is 35.9 Å². The molecule has 0 bridgehead atoms. The van der Waals surface area contributed by atoms with Crippen molar-refractivity contribution < 1.29 is 8.81 Å². The smallest absolute Gasteiger partial charge is 0.195 e. The van der Waals surface area contributed by atoms with Crippen LogP contribution < -0.4 is 0 Å². The van der Waals surface area contributed by atoms with Crippen molar-refractivity contribution in [2.75, 3.05) is 0 Å². The molecular formula is C23H22FN5O. The van der Waals surface area contributed by atoms with Crippen LogP contribution in [0.15, 0.2) is 40.9 Å². The molecule has 0 saturated heterocycles. The fourth-order valence-electron chi connectivity index (χ4n) is 3.36. The van der Waals surface area contributed by atoms with Crippen LogP contribution in [0.3, 0.4) is 0 Å². The average Bonchev–Trinajstić information content (AvgIpc) is 3.30. The Morgan fingerprint density at radius 2 is 2.00 bits per heavy atom. The number of hydrogen-bond donors (Lipinski definition) is 0. The molecule has 3 aromatic heterocycles. The second kappa shape index (κ2) is 7.38. The van der Waals surface area contributed by atoms with E-state index in [4.69, 9.17) is 4.42 Å². The number of aryl methyl sites for hydroxylation is 3. The molecule has 0 aliphatic rings. The zero-order chi connectivity index (χ0) is 21.5. The molecule has 0 amide bonds. The van der Waals surface area contributed by atoms with Crippen molar-refractivity contribution in [2.45, 2.75) is 39.3 Å². The zero-order valence-electron chi connectivity index (χ0n) is 17.4. The van der Waals surface area contributed by atoms with E-state index in [9.17, 15) is 9.65 Å². The van der Waals surface area contributed by atoms with Crippen LogP contribution in [0.5, 0.6) is 0 Å². The summed E-state index contributed by atoms with van der Waals surface area (Å²) in [5.41, 5.74) is 3.06. The molecule has 0 fully saturated rings. The number of oxazole rings is 1. The molecular weight excluding hydrogens is 381 g/mol. The summed E-state index contributed by atoms with van der Waals surface area (Å²) in [5, 5.41) is 9.33. The molecule has 152 valence electrons. The lowest BCUT2D eigenvalue weighted by Gasteiger charge is -2.11. The van der Waals surface area contributed by atoms with Crippen LogP contribution in [0.4, 0.5) is 4.39 Å². The topological polar surface area (TPSA) is 80.5 Å². The number of benzene rings is 1. The van der Waals surface area contributed by atoms with Gasteiger partial charge in [-0.1, -0.05) is 6.07 Å². The van der Waals surface area contributed by atoms with E-state index in [2.05, 4.69) is 21.0 Å². The van der Waals surface area contributed by atoms with Crippen LogP contribution in [-0.4, -0.2) is 25.2 Å². The zero-order valence-corrected chi connectivity index (χ0v) is 17.4. The molecule has 6 nitrogen and oxygen atoms in total. The number of pyridine rings is 1. The van der Waals surface area contributed by atoms with Crippen LogP contribution >= 0.6 is 0 Å². The lowest BCUT2D eigenvalue weighted by molar-refractivity contribution is 0.197. The van der Waals surface area contributed by atoms with Crippen molar-refractivity contribution in [3.8, 4) is 28.7 Å². The minimum absolute atomic E-state index is 0.310.